The molecule has 1 rings (SSSR count). The Hall–Kier alpha value is -1.45. The fourth-order valence-electron chi connectivity index (χ4n) is 0.939. The van der Waals surface area contributed by atoms with Gasteiger partial charge in [-0.25, -0.2) is 4.39 Å². The summed E-state index contributed by atoms with van der Waals surface area (Å²) in [4.78, 5) is 9.09. The topological polar surface area (TPSA) is 34.5 Å². The number of aryl methyl sites for hydroxylation is 1. The Labute approximate surface area is 89.0 Å². The normalized spacial score (nSPS) is 12.1. The second-order valence-corrected chi connectivity index (χ2v) is 4.23. The molecule has 3 nitrogen and oxygen atoms in total. The van der Waals surface area contributed by atoms with Crippen LogP contribution in [0, 0.1) is 12.7 Å². The molecule has 0 radical (unpaired) electrons. The highest BCUT2D eigenvalue weighted by atomic mass is 19.1. The lowest BCUT2D eigenvalue weighted by Gasteiger charge is -2.14. The van der Waals surface area contributed by atoms with Crippen LogP contribution in [0.2, 0.25) is 0 Å². The molecule has 1 heterocycles. The smallest absolute Gasteiger partial charge is 0.135 e. The van der Waals surface area contributed by atoms with Crippen LogP contribution in [0.3, 0.4) is 0 Å². The molecule has 0 atom stereocenters. The van der Waals surface area contributed by atoms with Gasteiger partial charge in [-0.15, -0.1) is 0 Å². The van der Waals surface area contributed by atoms with Crippen molar-refractivity contribution in [2.24, 2.45) is 5.16 Å². The van der Waals surface area contributed by atoms with E-state index in [4.69, 9.17) is 4.84 Å². The first-order chi connectivity index (χ1) is 6.90. The summed E-state index contributed by atoms with van der Waals surface area (Å²) in [5, 5.41) is 3.73. The highest BCUT2D eigenvalue weighted by Crippen LogP contribution is 2.09. The third kappa shape index (κ3) is 3.65. The van der Waals surface area contributed by atoms with E-state index in [0.717, 1.165) is 0 Å². The Balaban J connectivity index is 2.81. The molecule has 0 spiro atoms. The van der Waals surface area contributed by atoms with Gasteiger partial charge in [0.1, 0.15) is 11.4 Å². The maximum atomic E-state index is 13.3. The summed E-state index contributed by atoms with van der Waals surface area (Å²) in [6, 6.07) is 1.30. The first-order valence-corrected chi connectivity index (χ1v) is 4.73. The molecule has 0 aliphatic carbocycles. The van der Waals surface area contributed by atoms with Crippen molar-refractivity contribution in [3.05, 3.63) is 29.3 Å². The first-order valence-electron chi connectivity index (χ1n) is 4.73. The number of pyridine rings is 1. The molecule has 82 valence electrons. The van der Waals surface area contributed by atoms with Gasteiger partial charge in [-0.05, 0) is 33.8 Å². The Bertz CT molecular complexity index is 349. The van der Waals surface area contributed by atoms with Crippen LogP contribution in [0.4, 0.5) is 4.39 Å². The summed E-state index contributed by atoms with van der Waals surface area (Å²) < 4.78 is 13.3. The number of oxime groups is 1. The summed E-state index contributed by atoms with van der Waals surface area (Å²) in [5.41, 5.74) is 0.585. The predicted molar refractivity (Wildman–Crippen MR) is 57.4 cm³/mol. The zero-order valence-corrected chi connectivity index (χ0v) is 9.41. The Kier molecular flexibility index (Phi) is 3.39. The van der Waals surface area contributed by atoms with Gasteiger partial charge < -0.3 is 4.84 Å². The van der Waals surface area contributed by atoms with E-state index >= 15 is 0 Å². The van der Waals surface area contributed by atoms with E-state index in [2.05, 4.69) is 10.1 Å². The fraction of sp³-hybridized carbons (Fsp3) is 0.455. The summed E-state index contributed by atoms with van der Waals surface area (Å²) in [5.74, 6) is -0.344. The lowest BCUT2D eigenvalue weighted by atomic mass is 10.2. The predicted octanol–water partition coefficient (Wildman–Crippen LogP) is 2.68. The Morgan fingerprint density at radius 1 is 1.47 bits per heavy atom. The van der Waals surface area contributed by atoms with Crippen molar-refractivity contribution < 1.29 is 9.23 Å². The molecule has 1 aromatic rings. The largest absolute Gasteiger partial charge is 0.390 e. The molecule has 1 aromatic heterocycles. The molecule has 0 N–H and O–H groups in total. The zero-order chi connectivity index (χ0) is 11.5. The van der Waals surface area contributed by atoms with E-state index in [0.29, 0.717) is 11.3 Å². The molecule has 4 heteroatoms. The molecule has 0 unspecified atom stereocenters. The molecular weight excluding hydrogens is 195 g/mol. The third-order valence-electron chi connectivity index (χ3n) is 1.64. The van der Waals surface area contributed by atoms with Crippen molar-refractivity contribution in [3.63, 3.8) is 0 Å². The average molecular weight is 210 g/mol. The summed E-state index contributed by atoms with van der Waals surface area (Å²) >= 11 is 0. The van der Waals surface area contributed by atoms with E-state index < -0.39 is 0 Å². The number of aromatic nitrogens is 1. The van der Waals surface area contributed by atoms with Gasteiger partial charge in [-0.3, -0.25) is 4.98 Å². The van der Waals surface area contributed by atoms with E-state index in [1.54, 1.807) is 6.92 Å². The van der Waals surface area contributed by atoms with Gasteiger partial charge in [0.2, 0.25) is 0 Å². The minimum atomic E-state index is -0.372. The number of hydrogen-bond donors (Lipinski definition) is 0. The third-order valence-corrected chi connectivity index (χ3v) is 1.64. The number of rotatable bonds is 2. The molecule has 15 heavy (non-hydrogen) atoms. The van der Waals surface area contributed by atoms with Gasteiger partial charge in [0.15, 0.2) is 0 Å². The Morgan fingerprint density at radius 3 is 2.67 bits per heavy atom. The van der Waals surface area contributed by atoms with Crippen LogP contribution in [0.15, 0.2) is 17.4 Å². The summed E-state index contributed by atoms with van der Waals surface area (Å²) in [7, 11) is 0. The minimum absolute atomic E-state index is 0.344. The number of hydrogen-bond acceptors (Lipinski definition) is 3. The highest BCUT2D eigenvalue weighted by molar-refractivity contribution is 5.80. The SMILES string of the molecule is Cc1nccc(F)c1/C=N\OC(C)(C)C. The summed E-state index contributed by atoms with van der Waals surface area (Å²) in [6.45, 7) is 7.34. The molecule has 0 aliphatic heterocycles. The van der Waals surface area contributed by atoms with Crippen LogP contribution < -0.4 is 0 Å². The van der Waals surface area contributed by atoms with Crippen molar-refractivity contribution >= 4 is 6.21 Å². The fourth-order valence-corrected chi connectivity index (χ4v) is 0.939. The summed E-state index contributed by atoms with van der Waals surface area (Å²) in [6.07, 6.45) is 2.77. The lowest BCUT2D eigenvalue weighted by molar-refractivity contribution is 0.00195. The molecular formula is C11H15FN2O. The molecule has 0 aliphatic rings. The minimum Gasteiger partial charge on any atom is -0.390 e. The van der Waals surface area contributed by atoms with Crippen LogP contribution >= 0.6 is 0 Å². The van der Waals surface area contributed by atoms with Crippen molar-refractivity contribution in [1.82, 2.24) is 4.98 Å². The van der Waals surface area contributed by atoms with Crippen LogP contribution in [-0.4, -0.2) is 16.8 Å². The zero-order valence-electron chi connectivity index (χ0n) is 9.41. The molecule has 0 aromatic carbocycles. The van der Waals surface area contributed by atoms with E-state index in [9.17, 15) is 4.39 Å². The highest BCUT2D eigenvalue weighted by Gasteiger charge is 2.10. The molecule has 0 fully saturated rings. The quantitative estimate of drug-likeness (QED) is 0.555. The van der Waals surface area contributed by atoms with Crippen LogP contribution in [0.1, 0.15) is 32.0 Å². The van der Waals surface area contributed by atoms with Gasteiger partial charge in [0.25, 0.3) is 0 Å². The van der Waals surface area contributed by atoms with Crippen LogP contribution in [0.25, 0.3) is 0 Å². The molecule has 0 amide bonds. The maximum Gasteiger partial charge on any atom is 0.135 e. The van der Waals surface area contributed by atoms with Crippen molar-refractivity contribution in [2.75, 3.05) is 0 Å². The van der Waals surface area contributed by atoms with Crippen molar-refractivity contribution in [2.45, 2.75) is 33.3 Å². The second kappa shape index (κ2) is 4.38. The van der Waals surface area contributed by atoms with Crippen LogP contribution in [-0.2, 0) is 4.84 Å². The van der Waals surface area contributed by atoms with Gasteiger partial charge >= 0.3 is 0 Å². The first kappa shape index (κ1) is 11.6. The molecule has 0 saturated carbocycles. The second-order valence-electron chi connectivity index (χ2n) is 4.23. The van der Waals surface area contributed by atoms with E-state index in [1.807, 2.05) is 20.8 Å². The maximum absolute atomic E-state index is 13.3. The number of nitrogens with zero attached hydrogens (tertiary/aromatic N) is 2. The standard InChI is InChI=1S/C11H15FN2O/c1-8-9(10(12)5-6-13-8)7-14-15-11(2,3)4/h5-7H,1-4H3/b14-7-. The lowest BCUT2D eigenvalue weighted by Crippen LogP contribution is -2.15. The average Bonchev–Trinajstić information content (AvgIpc) is 2.08. The molecule has 0 saturated heterocycles. The van der Waals surface area contributed by atoms with E-state index in [1.165, 1.54) is 18.5 Å². The van der Waals surface area contributed by atoms with Crippen molar-refractivity contribution in [3.8, 4) is 0 Å². The van der Waals surface area contributed by atoms with Crippen LogP contribution in [0.5, 0.6) is 0 Å². The number of halogens is 1. The molecule has 0 bridgehead atoms. The Morgan fingerprint density at radius 2 is 2.13 bits per heavy atom. The van der Waals surface area contributed by atoms with Crippen molar-refractivity contribution in [1.29, 1.82) is 0 Å². The van der Waals surface area contributed by atoms with Gasteiger partial charge in [0, 0.05) is 11.9 Å². The van der Waals surface area contributed by atoms with Gasteiger partial charge in [0.05, 0.1) is 11.8 Å². The van der Waals surface area contributed by atoms with E-state index in [-0.39, 0.29) is 11.4 Å². The van der Waals surface area contributed by atoms with Gasteiger partial charge in [-0.1, -0.05) is 5.16 Å². The van der Waals surface area contributed by atoms with Gasteiger partial charge in [-0.2, -0.15) is 0 Å². The monoisotopic (exact) mass is 210 g/mol.